The average molecular weight is 476 g/mol. The van der Waals surface area contributed by atoms with Crippen LogP contribution in [0.4, 0.5) is 0 Å². The molecule has 1 unspecified atom stereocenters. The van der Waals surface area contributed by atoms with E-state index in [0.717, 1.165) is 37.0 Å². The highest BCUT2D eigenvalue weighted by atomic mass is 16.5. The summed E-state index contributed by atoms with van der Waals surface area (Å²) in [7, 11) is 0. The molecule has 1 aliphatic carbocycles. The monoisotopic (exact) mass is 475 g/mol. The smallest absolute Gasteiger partial charge is 0.330 e. The normalized spacial score (nSPS) is 12.9. The number of carbonyl (C=O) groups excluding carboxylic acids is 1. The summed E-state index contributed by atoms with van der Waals surface area (Å²) in [5.41, 5.74) is 7.54. The molecule has 0 heterocycles. The molecule has 0 spiro atoms. The van der Waals surface area contributed by atoms with Crippen molar-refractivity contribution in [2.75, 3.05) is 13.2 Å². The van der Waals surface area contributed by atoms with E-state index in [-0.39, 0.29) is 11.9 Å². The summed E-state index contributed by atoms with van der Waals surface area (Å²) in [5, 5.41) is 9.04. The van der Waals surface area contributed by atoms with Gasteiger partial charge in [0.1, 0.15) is 5.75 Å². The van der Waals surface area contributed by atoms with Crippen LogP contribution in [0.3, 0.4) is 0 Å². The number of carbonyl (C=O) groups is 1. The number of ether oxygens (including phenoxy) is 2. The van der Waals surface area contributed by atoms with E-state index in [4.69, 9.17) is 14.7 Å². The van der Waals surface area contributed by atoms with Crippen LogP contribution in [0.2, 0.25) is 0 Å². The van der Waals surface area contributed by atoms with Crippen molar-refractivity contribution in [3.63, 3.8) is 0 Å². The van der Waals surface area contributed by atoms with Gasteiger partial charge in [0.15, 0.2) is 0 Å². The molecule has 0 N–H and O–H groups in total. The van der Waals surface area contributed by atoms with Crippen LogP contribution in [0, 0.1) is 30.1 Å². The van der Waals surface area contributed by atoms with Gasteiger partial charge in [0.05, 0.1) is 30.8 Å². The summed E-state index contributed by atoms with van der Waals surface area (Å²) < 4.78 is 11.1. The first-order valence-corrected chi connectivity index (χ1v) is 12.3. The molecule has 4 nitrogen and oxygen atoms in total. The molecule has 0 saturated heterocycles. The second-order valence-corrected chi connectivity index (χ2v) is 8.87. The molecule has 3 aromatic carbocycles. The fourth-order valence-corrected chi connectivity index (χ4v) is 4.37. The van der Waals surface area contributed by atoms with Gasteiger partial charge in [-0.1, -0.05) is 48.2 Å². The van der Waals surface area contributed by atoms with Crippen molar-refractivity contribution in [1.29, 1.82) is 5.26 Å². The van der Waals surface area contributed by atoms with Gasteiger partial charge in [-0.2, -0.15) is 5.26 Å². The zero-order chi connectivity index (χ0) is 25.3. The molecule has 36 heavy (non-hydrogen) atoms. The number of nitrogens with zero attached hydrogens (tertiary/aromatic N) is 1. The number of benzene rings is 3. The van der Waals surface area contributed by atoms with Gasteiger partial charge in [0.25, 0.3) is 0 Å². The predicted octanol–water partition coefficient (Wildman–Crippen LogP) is 6.70. The number of rotatable bonds is 9. The Morgan fingerprint density at radius 1 is 0.917 bits per heavy atom. The van der Waals surface area contributed by atoms with E-state index in [9.17, 15) is 4.79 Å². The van der Waals surface area contributed by atoms with Crippen molar-refractivity contribution in [2.45, 2.75) is 38.5 Å². The third-order valence-electron chi connectivity index (χ3n) is 6.24. The van der Waals surface area contributed by atoms with Crippen LogP contribution in [0.5, 0.6) is 5.75 Å². The molecule has 3 aromatic rings. The van der Waals surface area contributed by atoms with Gasteiger partial charge in [-0.3, -0.25) is 0 Å². The second kappa shape index (κ2) is 11.9. The summed E-state index contributed by atoms with van der Waals surface area (Å²) in [6.07, 6.45) is 4.97. The number of unbranched alkanes of at least 4 members (excludes halogenated alkanes) is 3. The van der Waals surface area contributed by atoms with Crippen LogP contribution in [-0.4, -0.2) is 19.2 Å². The number of nitriles is 1. The van der Waals surface area contributed by atoms with Crippen molar-refractivity contribution < 1.29 is 14.3 Å². The van der Waals surface area contributed by atoms with E-state index in [1.807, 2.05) is 18.2 Å². The van der Waals surface area contributed by atoms with Crippen molar-refractivity contribution in [2.24, 2.45) is 0 Å². The van der Waals surface area contributed by atoms with Gasteiger partial charge in [-0.15, -0.1) is 0 Å². The van der Waals surface area contributed by atoms with E-state index in [1.54, 1.807) is 12.1 Å². The third-order valence-corrected chi connectivity index (χ3v) is 6.24. The minimum absolute atomic E-state index is 0.0348. The number of aryl methyl sites for hydroxylation is 1. The first-order chi connectivity index (χ1) is 17.6. The lowest BCUT2D eigenvalue weighted by Crippen LogP contribution is -2.02. The Hall–Kier alpha value is -4.28. The first kappa shape index (κ1) is 24.8. The number of hydrogen-bond acceptors (Lipinski definition) is 4. The number of esters is 1. The summed E-state index contributed by atoms with van der Waals surface area (Å²) in [6, 6.07) is 22.4. The van der Waals surface area contributed by atoms with Crippen molar-refractivity contribution >= 4 is 5.97 Å². The Morgan fingerprint density at radius 2 is 1.58 bits per heavy atom. The summed E-state index contributed by atoms with van der Waals surface area (Å²) in [6.45, 7) is 6.57. The lowest BCUT2D eigenvalue weighted by molar-refractivity contribution is -0.137. The van der Waals surface area contributed by atoms with Gasteiger partial charge in [-0.05, 0) is 91.3 Å². The van der Waals surface area contributed by atoms with Crippen LogP contribution < -0.4 is 4.74 Å². The molecule has 1 aliphatic rings. The van der Waals surface area contributed by atoms with Gasteiger partial charge in [0.2, 0.25) is 0 Å². The maximum Gasteiger partial charge on any atom is 0.330 e. The van der Waals surface area contributed by atoms with Crippen molar-refractivity contribution in [1.82, 2.24) is 0 Å². The molecule has 180 valence electrons. The molecule has 0 saturated carbocycles. The van der Waals surface area contributed by atoms with E-state index >= 15 is 0 Å². The van der Waals surface area contributed by atoms with Crippen LogP contribution >= 0.6 is 0 Å². The molecule has 0 aromatic heterocycles. The zero-order valence-electron chi connectivity index (χ0n) is 20.5. The highest BCUT2D eigenvalue weighted by Crippen LogP contribution is 2.46. The molecular formula is C32H29NO3. The molecule has 0 radical (unpaired) electrons. The van der Waals surface area contributed by atoms with E-state index < -0.39 is 0 Å². The largest absolute Gasteiger partial charge is 0.494 e. The minimum atomic E-state index is -0.368. The highest BCUT2D eigenvalue weighted by Gasteiger charge is 2.28. The van der Waals surface area contributed by atoms with Crippen LogP contribution in [-0.2, 0) is 9.53 Å². The van der Waals surface area contributed by atoms with Crippen LogP contribution in [0.25, 0.3) is 11.1 Å². The fourth-order valence-electron chi connectivity index (χ4n) is 4.37. The quantitative estimate of drug-likeness (QED) is 0.150. The third kappa shape index (κ3) is 6.04. The predicted molar refractivity (Wildman–Crippen MR) is 142 cm³/mol. The molecule has 0 fully saturated rings. The fraction of sp³-hybridized carbons (Fsp3) is 0.250. The van der Waals surface area contributed by atoms with Crippen molar-refractivity contribution in [3.8, 4) is 34.8 Å². The van der Waals surface area contributed by atoms with Crippen LogP contribution in [0.15, 0.2) is 73.3 Å². The topological polar surface area (TPSA) is 59.3 Å². The number of fused-ring (bicyclic) bond motifs is 3. The average Bonchev–Trinajstić information content (AvgIpc) is 3.20. The minimum Gasteiger partial charge on any atom is -0.494 e. The first-order valence-electron chi connectivity index (χ1n) is 12.3. The SMILES string of the molecule is C=CC(=O)OCCCCCCOc1ccc2c(c1)C(C#Cc1ccc(C#N)cc1)c1cc(C)ccc1-2. The second-order valence-electron chi connectivity index (χ2n) is 8.87. The van der Waals surface area contributed by atoms with Gasteiger partial charge in [-0.25, -0.2) is 4.79 Å². The summed E-state index contributed by atoms with van der Waals surface area (Å²) >= 11 is 0. The summed E-state index contributed by atoms with van der Waals surface area (Å²) in [5.74, 6) is 7.24. The molecule has 1 atom stereocenters. The molecule has 0 amide bonds. The molecular weight excluding hydrogens is 446 g/mol. The molecule has 0 bridgehead atoms. The standard InChI is InChI=1S/C32H29NO3/c1-3-32(34)36-19-7-5-4-6-18-35-26-14-17-28-27-15-8-23(2)20-30(27)29(31(28)21-26)16-13-24-9-11-25(22-33)12-10-24/h3,8-12,14-15,17,20-21,29H,1,4-7,18-19H2,2H3. The Labute approximate surface area is 213 Å². The lowest BCUT2D eigenvalue weighted by Gasteiger charge is -2.10. The van der Waals surface area contributed by atoms with E-state index in [2.05, 4.69) is 61.7 Å². The molecule has 4 heteroatoms. The van der Waals surface area contributed by atoms with Crippen LogP contribution in [0.1, 0.15) is 59.4 Å². The Balaban J connectivity index is 1.43. The summed E-state index contributed by atoms with van der Waals surface area (Å²) in [4.78, 5) is 11.1. The van der Waals surface area contributed by atoms with E-state index in [1.165, 1.54) is 33.9 Å². The maximum absolute atomic E-state index is 11.1. The lowest BCUT2D eigenvalue weighted by atomic mass is 9.96. The number of hydrogen-bond donors (Lipinski definition) is 0. The van der Waals surface area contributed by atoms with Gasteiger partial charge in [0, 0.05) is 11.6 Å². The Bertz CT molecular complexity index is 1350. The van der Waals surface area contributed by atoms with E-state index in [0.29, 0.717) is 18.8 Å². The highest BCUT2D eigenvalue weighted by molar-refractivity contribution is 5.82. The van der Waals surface area contributed by atoms with Gasteiger partial charge >= 0.3 is 5.97 Å². The molecule has 0 aliphatic heterocycles. The van der Waals surface area contributed by atoms with Gasteiger partial charge < -0.3 is 9.47 Å². The Kier molecular flexibility index (Phi) is 8.22. The Morgan fingerprint density at radius 3 is 2.31 bits per heavy atom. The maximum atomic E-state index is 11.1. The van der Waals surface area contributed by atoms with Crippen molar-refractivity contribution in [3.05, 3.63) is 101 Å². The molecule has 4 rings (SSSR count). The zero-order valence-corrected chi connectivity index (χ0v) is 20.5.